The monoisotopic (exact) mass is 407 g/mol. The van der Waals surface area contributed by atoms with Crippen LogP contribution in [0.25, 0.3) is 22.2 Å². The summed E-state index contributed by atoms with van der Waals surface area (Å²) in [6, 6.07) is 7.83. The van der Waals surface area contributed by atoms with Gasteiger partial charge in [-0.3, -0.25) is 14.8 Å². The van der Waals surface area contributed by atoms with Crippen molar-refractivity contribution < 1.29 is 4.79 Å². The van der Waals surface area contributed by atoms with Gasteiger partial charge >= 0.3 is 11.6 Å². The van der Waals surface area contributed by atoms with Crippen molar-refractivity contribution in [3.63, 3.8) is 0 Å². The Labute approximate surface area is 170 Å². The highest BCUT2D eigenvalue weighted by molar-refractivity contribution is 5.95. The van der Waals surface area contributed by atoms with Gasteiger partial charge in [-0.2, -0.15) is 0 Å². The van der Waals surface area contributed by atoms with Gasteiger partial charge in [0.1, 0.15) is 6.33 Å². The number of imidazole rings is 2. The zero-order chi connectivity index (χ0) is 20.8. The summed E-state index contributed by atoms with van der Waals surface area (Å²) in [5, 5.41) is 0. The number of aromatic amines is 1. The molecule has 11 heteroatoms. The molecular weight excluding hydrogens is 386 g/mol. The number of aryl methyl sites for hydroxylation is 1. The third-order valence-electron chi connectivity index (χ3n) is 5.72. The Bertz CT molecular complexity index is 1310. The van der Waals surface area contributed by atoms with Crippen molar-refractivity contribution in [3.8, 4) is 0 Å². The third-order valence-corrected chi connectivity index (χ3v) is 5.72. The summed E-state index contributed by atoms with van der Waals surface area (Å²) in [6.07, 6.45) is 3.05. The first-order chi connectivity index (χ1) is 14.6. The molecule has 0 aliphatic carbocycles. The highest BCUT2D eigenvalue weighted by Gasteiger charge is 2.27. The van der Waals surface area contributed by atoms with Crippen molar-refractivity contribution in [2.75, 3.05) is 18.0 Å². The molecule has 1 saturated heterocycles. The lowest BCUT2D eigenvalue weighted by atomic mass is 10.0. The number of rotatable bonds is 3. The molecule has 0 spiro atoms. The molecule has 4 heterocycles. The van der Waals surface area contributed by atoms with Gasteiger partial charge in [0.05, 0.1) is 11.0 Å². The minimum absolute atomic E-state index is 0.0822. The number of benzene rings is 1. The van der Waals surface area contributed by atoms with Crippen molar-refractivity contribution in [3.05, 3.63) is 46.9 Å². The van der Waals surface area contributed by atoms with Crippen molar-refractivity contribution in [1.82, 2.24) is 34.5 Å². The number of nitrogens with zero attached hydrogens (tertiary/aromatic N) is 6. The van der Waals surface area contributed by atoms with Gasteiger partial charge in [0.25, 0.3) is 0 Å². The van der Waals surface area contributed by atoms with Crippen LogP contribution in [-0.2, 0) is 7.05 Å². The molecular formula is C19H21N9O2. The number of nitrogen functional groups attached to an aromatic ring is 1. The molecule has 1 aliphatic heterocycles. The van der Waals surface area contributed by atoms with Crippen LogP contribution in [0.5, 0.6) is 0 Å². The number of hydrogen-bond donors (Lipinski definition) is 3. The number of hydrogen-bond acceptors (Lipinski definition) is 7. The van der Waals surface area contributed by atoms with E-state index in [-0.39, 0.29) is 17.6 Å². The highest BCUT2D eigenvalue weighted by atomic mass is 16.2. The van der Waals surface area contributed by atoms with Gasteiger partial charge in [-0.15, -0.1) is 0 Å². The fraction of sp³-hybridized carbons (Fsp3) is 0.316. The number of nitrogens with one attached hydrogen (secondary N) is 2. The minimum Gasteiger partial charge on any atom is -0.355 e. The van der Waals surface area contributed by atoms with Crippen LogP contribution in [0.4, 0.5) is 5.82 Å². The van der Waals surface area contributed by atoms with Crippen molar-refractivity contribution in [2.45, 2.75) is 18.9 Å². The molecule has 0 unspecified atom stereocenters. The molecule has 154 valence electrons. The van der Waals surface area contributed by atoms with E-state index in [9.17, 15) is 9.59 Å². The van der Waals surface area contributed by atoms with E-state index >= 15 is 0 Å². The number of anilines is 1. The molecule has 4 aromatic rings. The van der Waals surface area contributed by atoms with E-state index in [1.54, 1.807) is 11.6 Å². The standard InChI is InChI=1S/C19H21N9O2/c1-26-15-14(24-17(26)18(29)25-20)16(22-10-21-15)27-8-6-11(7-9-27)28-13-5-3-2-4-12(13)23-19(28)30/h2-5,10-11H,6-9,20H2,1H3,(H,23,30)(H,25,29). The molecule has 11 nitrogen and oxygen atoms in total. The SMILES string of the molecule is Cn1c(C(=O)NN)nc2c(N3CCC(n4c(=O)[nH]c5ccccc54)CC3)ncnc21. The summed E-state index contributed by atoms with van der Waals surface area (Å²) in [4.78, 5) is 42.7. The lowest BCUT2D eigenvalue weighted by Gasteiger charge is -2.33. The lowest BCUT2D eigenvalue weighted by molar-refractivity contribution is 0.0940. The summed E-state index contributed by atoms with van der Waals surface area (Å²) < 4.78 is 3.45. The third kappa shape index (κ3) is 2.74. The molecule has 1 amide bonds. The van der Waals surface area contributed by atoms with Crippen molar-refractivity contribution >= 4 is 33.9 Å². The molecule has 0 saturated carbocycles. The Hall–Kier alpha value is -3.73. The second-order valence-corrected chi connectivity index (χ2v) is 7.37. The number of para-hydroxylation sites is 2. The van der Waals surface area contributed by atoms with Crippen LogP contribution in [0.2, 0.25) is 0 Å². The second-order valence-electron chi connectivity index (χ2n) is 7.37. The summed E-state index contributed by atoms with van der Waals surface area (Å²) in [7, 11) is 1.71. The number of carbonyl (C=O) groups excluding carboxylic acids is 1. The zero-order valence-electron chi connectivity index (χ0n) is 16.4. The predicted molar refractivity (Wildman–Crippen MR) is 111 cm³/mol. The van der Waals surface area contributed by atoms with E-state index in [1.165, 1.54) is 6.33 Å². The Morgan fingerprint density at radius 2 is 2.00 bits per heavy atom. The molecule has 5 rings (SSSR count). The number of H-pyrrole nitrogens is 1. The first kappa shape index (κ1) is 18.3. The van der Waals surface area contributed by atoms with Crippen LogP contribution >= 0.6 is 0 Å². The largest absolute Gasteiger partial charge is 0.355 e. The molecule has 1 aromatic carbocycles. The molecule has 30 heavy (non-hydrogen) atoms. The van der Waals surface area contributed by atoms with E-state index in [4.69, 9.17) is 5.84 Å². The Balaban J connectivity index is 1.44. The van der Waals surface area contributed by atoms with E-state index in [0.29, 0.717) is 30.1 Å². The smallest absolute Gasteiger partial charge is 0.326 e. The van der Waals surface area contributed by atoms with E-state index in [1.807, 2.05) is 28.8 Å². The van der Waals surface area contributed by atoms with E-state index in [2.05, 4.69) is 30.3 Å². The lowest BCUT2D eigenvalue weighted by Crippen LogP contribution is -2.37. The Morgan fingerprint density at radius 1 is 1.23 bits per heavy atom. The van der Waals surface area contributed by atoms with E-state index < -0.39 is 5.91 Å². The molecule has 1 fully saturated rings. The van der Waals surface area contributed by atoms with Crippen LogP contribution in [0.15, 0.2) is 35.4 Å². The molecule has 0 bridgehead atoms. The van der Waals surface area contributed by atoms with Crippen LogP contribution in [0.3, 0.4) is 0 Å². The molecule has 0 atom stereocenters. The van der Waals surface area contributed by atoms with Crippen LogP contribution < -0.4 is 21.9 Å². The number of fused-ring (bicyclic) bond motifs is 2. The molecule has 0 radical (unpaired) electrons. The van der Waals surface area contributed by atoms with Crippen molar-refractivity contribution in [1.29, 1.82) is 0 Å². The number of hydrazine groups is 1. The van der Waals surface area contributed by atoms with Gasteiger partial charge in [0.15, 0.2) is 17.0 Å². The molecule has 1 aliphatic rings. The maximum atomic E-state index is 12.5. The van der Waals surface area contributed by atoms with Crippen LogP contribution in [-0.4, -0.2) is 48.1 Å². The number of carbonyl (C=O) groups is 1. The highest BCUT2D eigenvalue weighted by Crippen LogP contribution is 2.30. The van der Waals surface area contributed by atoms with Gasteiger partial charge in [0, 0.05) is 26.2 Å². The maximum absolute atomic E-state index is 12.5. The topological polar surface area (TPSA) is 140 Å². The second kappa shape index (κ2) is 6.95. The van der Waals surface area contributed by atoms with E-state index in [0.717, 1.165) is 23.9 Å². The van der Waals surface area contributed by atoms with Crippen LogP contribution in [0.1, 0.15) is 29.5 Å². The molecule has 4 N–H and O–H groups in total. The quantitative estimate of drug-likeness (QED) is 0.254. The first-order valence-electron chi connectivity index (χ1n) is 9.71. The average Bonchev–Trinajstić information content (AvgIpc) is 3.29. The fourth-order valence-corrected chi connectivity index (χ4v) is 4.26. The summed E-state index contributed by atoms with van der Waals surface area (Å²) >= 11 is 0. The average molecular weight is 407 g/mol. The summed E-state index contributed by atoms with van der Waals surface area (Å²) in [6.45, 7) is 1.41. The van der Waals surface area contributed by atoms with Gasteiger partial charge < -0.3 is 14.5 Å². The zero-order valence-corrected chi connectivity index (χ0v) is 16.4. The normalized spacial score (nSPS) is 15.2. The predicted octanol–water partition coefficient (Wildman–Crippen LogP) is 0.451. The first-order valence-corrected chi connectivity index (χ1v) is 9.71. The van der Waals surface area contributed by atoms with Crippen molar-refractivity contribution in [2.24, 2.45) is 12.9 Å². The number of piperidine rings is 1. The Morgan fingerprint density at radius 3 is 2.77 bits per heavy atom. The number of aromatic nitrogens is 6. The minimum atomic E-state index is -0.487. The molecule has 3 aromatic heterocycles. The Kier molecular flexibility index (Phi) is 4.24. The number of amides is 1. The summed E-state index contributed by atoms with van der Waals surface area (Å²) in [5.41, 5.74) is 4.91. The summed E-state index contributed by atoms with van der Waals surface area (Å²) in [5.74, 6) is 5.62. The van der Waals surface area contributed by atoms with Gasteiger partial charge in [-0.25, -0.2) is 25.6 Å². The maximum Gasteiger partial charge on any atom is 0.326 e. The van der Waals surface area contributed by atoms with Gasteiger partial charge in [0.2, 0.25) is 5.82 Å². The van der Waals surface area contributed by atoms with Gasteiger partial charge in [-0.05, 0) is 25.0 Å². The van der Waals surface area contributed by atoms with Gasteiger partial charge in [-0.1, -0.05) is 12.1 Å². The van der Waals surface area contributed by atoms with Crippen LogP contribution in [0, 0.1) is 0 Å². The number of nitrogens with two attached hydrogens (primary N) is 1. The fourth-order valence-electron chi connectivity index (χ4n) is 4.26.